The van der Waals surface area contributed by atoms with Crippen LogP contribution < -0.4 is 4.90 Å². The summed E-state index contributed by atoms with van der Waals surface area (Å²) in [6, 6.07) is 11.7. The zero-order chi connectivity index (χ0) is 19.8. The number of anilines is 1. The number of nitrogens with zero attached hydrogens (tertiary/aromatic N) is 1. The maximum Gasteiger partial charge on any atom is 0.335 e. The van der Waals surface area contributed by atoms with E-state index in [1.807, 2.05) is 26.0 Å². The van der Waals surface area contributed by atoms with Gasteiger partial charge in [0.1, 0.15) is 0 Å². The summed E-state index contributed by atoms with van der Waals surface area (Å²) < 4.78 is 0. The average molecular weight is 363 g/mol. The zero-order valence-electron chi connectivity index (χ0n) is 15.5. The summed E-state index contributed by atoms with van der Waals surface area (Å²) in [4.78, 5) is 37.2. The van der Waals surface area contributed by atoms with Gasteiger partial charge in [-0.2, -0.15) is 0 Å². The fourth-order valence-corrected chi connectivity index (χ4v) is 3.26. The van der Waals surface area contributed by atoms with Crippen LogP contribution in [-0.4, -0.2) is 29.8 Å². The van der Waals surface area contributed by atoms with Gasteiger partial charge in [-0.3, -0.25) is 9.59 Å². The molecule has 0 saturated heterocycles. The number of benzene rings is 2. The Kier molecular flexibility index (Phi) is 4.70. The molecule has 138 valence electrons. The Morgan fingerprint density at radius 1 is 1.07 bits per heavy atom. The van der Waals surface area contributed by atoms with Crippen LogP contribution in [0.2, 0.25) is 0 Å². The normalized spacial score (nSPS) is 15.7. The number of rotatable bonds is 4. The first-order chi connectivity index (χ1) is 12.7. The first-order valence-corrected chi connectivity index (χ1v) is 8.66. The number of carbonyl (C=O) groups is 3. The Morgan fingerprint density at radius 3 is 2.33 bits per heavy atom. The highest BCUT2D eigenvalue weighted by atomic mass is 16.4. The van der Waals surface area contributed by atoms with E-state index in [2.05, 4.69) is 0 Å². The Bertz CT molecular complexity index is 955. The third kappa shape index (κ3) is 3.67. The van der Waals surface area contributed by atoms with Crippen molar-refractivity contribution < 1.29 is 19.5 Å². The van der Waals surface area contributed by atoms with Crippen LogP contribution >= 0.6 is 0 Å². The molecule has 2 aromatic carbocycles. The predicted octanol–water partition coefficient (Wildman–Crippen LogP) is 3.93. The molecule has 1 aliphatic heterocycles. The number of ketones is 1. The lowest BCUT2D eigenvalue weighted by atomic mass is 9.76. The first-order valence-electron chi connectivity index (χ1n) is 8.66. The highest BCUT2D eigenvalue weighted by Crippen LogP contribution is 2.40. The molecule has 0 aromatic heterocycles. The lowest BCUT2D eigenvalue weighted by molar-refractivity contribution is -0.119. The molecule has 1 heterocycles. The lowest BCUT2D eigenvalue weighted by Crippen LogP contribution is -2.39. The van der Waals surface area contributed by atoms with Crippen LogP contribution in [0.3, 0.4) is 0 Å². The summed E-state index contributed by atoms with van der Waals surface area (Å²) in [6.45, 7) is 4.01. The predicted molar refractivity (Wildman–Crippen MR) is 104 cm³/mol. The quantitative estimate of drug-likeness (QED) is 0.660. The van der Waals surface area contributed by atoms with E-state index in [9.17, 15) is 14.4 Å². The molecule has 0 unspecified atom stereocenters. The first kappa shape index (κ1) is 18.6. The Balaban J connectivity index is 1.85. The SMILES string of the molecule is CN1C(=O)CC(C)(C)c2cc(C(=O)C=Cc3ccc(C(=O)O)cc3)ccc21. The number of fused-ring (bicyclic) bond motifs is 1. The van der Waals surface area contributed by atoms with Crippen molar-refractivity contribution in [1.29, 1.82) is 0 Å². The van der Waals surface area contributed by atoms with E-state index in [0.29, 0.717) is 12.0 Å². The standard InChI is InChI=1S/C22H21NO4/c1-22(2)13-20(25)23(3)18-10-9-16(12-17(18)22)19(24)11-6-14-4-7-15(8-5-14)21(26)27/h4-12H,13H2,1-3H3,(H,26,27). The molecule has 0 atom stereocenters. The minimum absolute atomic E-state index is 0.0660. The number of allylic oxidation sites excluding steroid dienone is 1. The molecule has 5 nitrogen and oxygen atoms in total. The molecule has 5 heteroatoms. The summed E-state index contributed by atoms with van der Waals surface area (Å²) in [5, 5.41) is 8.92. The summed E-state index contributed by atoms with van der Waals surface area (Å²) >= 11 is 0. The highest BCUT2D eigenvalue weighted by Gasteiger charge is 2.35. The summed E-state index contributed by atoms with van der Waals surface area (Å²) in [5.41, 5.74) is 3.00. The van der Waals surface area contributed by atoms with E-state index in [-0.39, 0.29) is 22.7 Å². The van der Waals surface area contributed by atoms with Gasteiger partial charge in [0.05, 0.1) is 5.56 Å². The van der Waals surface area contributed by atoms with Crippen molar-refractivity contribution in [3.05, 3.63) is 70.8 Å². The van der Waals surface area contributed by atoms with Gasteiger partial charge in [-0.15, -0.1) is 0 Å². The smallest absolute Gasteiger partial charge is 0.335 e. The second-order valence-corrected chi connectivity index (χ2v) is 7.37. The van der Waals surface area contributed by atoms with Crippen molar-refractivity contribution in [3.63, 3.8) is 0 Å². The van der Waals surface area contributed by atoms with Gasteiger partial charge in [-0.25, -0.2) is 4.79 Å². The molecule has 0 saturated carbocycles. The average Bonchev–Trinajstić information content (AvgIpc) is 2.64. The maximum absolute atomic E-state index is 12.6. The third-order valence-corrected chi connectivity index (χ3v) is 4.92. The van der Waals surface area contributed by atoms with Gasteiger partial charge in [0.25, 0.3) is 0 Å². The van der Waals surface area contributed by atoms with Gasteiger partial charge in [0, 0.05) is 30.1 Å². The summed E-state index contributed by atoms with van der Waals surface area (Å²) in [7, 11) is 1.75. The van der Waals surface area contributed by atoms with Crippen molar-refractivity contribution in [2.45, 2.75) is 25.7 Å². The Morgan fingerprint density at radius 2 is 1.70 bits per heavy atom. The molecule has 0 spiro atoms. The fourth-order valence-electron chi connectivity index (χ4n) is 3.26. The van der Waals surface area contributed by atoms with E-state index in [4.69, 9.17) is 5.11 Å². The molecule has 0 fully saturated rings. The number of amides is 1. The van der Waals surface area contributed by atoms with Gasteiger partial charge in [-0.1, -0.05) is 32.1 Å². The van der Waals surface area contributed by atoms with Crippen LogP contribution in [0, 0.1) is 0 Å². The Hall–Kier alpha value is -3.21. The number of carboxylic acids is 1. The van der Waals surface area contributed by atoms with Crippen LogP contribution in [-0.2, 0) is 10.2 Å². The topological polar surface area (TPSA) is 74.7 Å². The van der Waals surface area contributed by atoms with Crippen molar-refractivity contribution in [3.8, 4) is 0 Å². The number of hydrogen-bond donors (Lipinski definition) is 1. The van der Waals surface area contributed by atoms with E-state index < -0.39 is 5.97 Å². The molecular weight excluding hydrogens is 342 g/mol. The number of aromatic carboxylic acids is 1. The summed E-state index contributed by atoms with van der Waals surface area (Å²) in [6.07, 6.45) is 3.54. The van der Waals surface area contributed by atoms with Crippen LogP contribution in [0.1, 0.15) is 52.1 Å². The van der Waals surface area contributed by atoms with Crippen molar-refractivity contribution in [2.75, 3.05) is 11.9 Å². The molecule has 1 amide bonds. The number of hydrogen-bond acceptors (Lipinski definition) is 3. The van der Waals surface area contributed by atoms with E-state index in [0.717, 1.165) is 16.8 Å². The lowest BCUT2D eigenvalue weighted by Gasteiger charge is -2.37. The zero-order valence-corrected chi connectivity index (χ0v) is 15.5. The largest absolute Gasteiger partial charge is 0.478 e. The minimum Gasteiger partial charge on any atom is -0.478 e. The van der Waals surface area contributed by atoms with Gasteiger partial charge in [-0.05, 0) is 47.5 Å². The molecule has 2 aromatic rings. The molecule has 0 bridgehead atoms. The van der Waals surface area contributed by atoms with E-state index >= 15 is 0 Å². The van der Waals surface area contributed by atoms with Gasteiger partial charge in [0.15, 0.2) is 5.78 Å². The van der Waals surface area contributed by atoms with Crippen molar-refractivity contribution >= 4 is 29.4 Å². The molecule has 27 heavy (non-hydrogen) atoms. The molecule has 0 aliphatic carbocycles. The minimum atomic E-state index is -0.985. The molecule has 1 N–H and O–H groups in total. The van der Waals surface area contributed by atoms with Gasteiger partial charge in [0.2, 0.25) is 5.91 Å². The van der Waals surface area contributed by atoms with Crippen molar-refractivity contribution in [2.24, 2.45) is 0 Å². The van der Waals surface area contributed by atoms with Gasteiger partial charge < -0.3 is 10.0 Å². The van der Waals surface area contributed by atoms with Crippen LogP contribution in [0.5, 0.6) is 0 Å². The highest BCUT2D eigenvalue weighted by molar-refractivity contribution is 6.08. The van der Waals surface area contributed by atoms with Crippen LogP contribution in [0.25, 0.3) is 6.08 Å². The molecule has 1 aliphatic rings. The van der Waals surface area contributed by atoms with Crippen LogP contribution in [0.15, 0.2) is 48.5 Å². The second kappa shape index (κ2) is 6.83. The number of carbonyl (C=O) groups excluding carboxylic acids is 2. The molecular formula is C22H21NO4. The maximum atomic E-state index is 12.6. The Labute approximate surface area is 157 Å². The second-order valence-electron chi connectivity index (χ2n) is 7.37. The fraction of sp³-hybridized carbons (Fsp3) is 0.227. The summed E-state index contributed by atoms with van der Waals surface area (Å²) in [5.74, 6) is -1.06. The van der Waals surface area contributed by atoms with Gasteiger partial charge >= 0.3 is 5.97 Å². The monoisotopic (exact) mass is 363 g/mol. The van der Waals surface area contributed by atoms with Crippen LogP contribution in [0.4, 0.5) is 5.69 Å². The molecule has 0 radical (unpaired) electrons. The number of carboxylic acid groups (broad SMARTS) is 1. The van der Waals surface area contributed by atoms with E-state index in [1.165, 1.54) is 18.2 Å². The van der Waals surface area contributed by atoms with Crippen molar-refractivity contribution in [1.82, 2.24) is 0 Å². The molecule has 3 rings (SSSR count). The van der Waals surface area contributed by atoms with E-state index in [1.54, 1.807) is 36.2 Å². The third-order valence-electron chi connectivity index (χ3n) is 4.92.